The molecule has 1 amide bonds. The number of rotatable bonds is 6. The van der Waals surface area contributed by atoms with Crippen molar-refractivity contribution in [3.8, 4) is 5.75 Å². The zero-order valence-electron chi connectivity index (χ0n) is 14.0. The molecule has 1 heterocycles. The van der Waals surface area contributed by atoms with E-state index in [1.165, 1.54) is 12.1 Å². The minimum absolute atomic E-state index is 0.155. The van der Waals surface area contributed by atoms with Crippen molar-refractivity contribution in [3.05, 3.63) is 30.1 Å². The first-order chi connectivity index (χ1) is 10.9. The SMILES string of the molecule is CC(Oc1cccc(F)c1)C(=O)NCC(C)(C)N1CCOCC1. The van der Waals surface area contributed by atoms with Gasteiger partial charge in [0.1, 0.15) is 11.6 Å². The number of nitrogens with one attached hydrogen (secondary N) is 1. The number of hydrogen-bond acceptors (Lipinski definition) is 4. The van der Waals surface area contributed by atoms with Crippen LogP contribution in [-0.2, 0) is 9.53 Å². The summed E-state index contributed by atoms with van der Waals surface area (Å²) in [7, 11) is 0. The average molecular weight is 324 g/mol. The molecule has 128 valence electrons. The molecular formula is C17H25FN2O3. The summed E-state index contributed by atoms with van der Waals surface area (Å²) in [4.78, 5) is 14.5. The summed E-state index contributed by atoms with van der Waals surface area (Å²) in [6, 6.07) is 5.78. The van der Waals surface area contributed by atoms with Crippen LogP contribution >= 0.6 is 0 Å². The van der Waals surface area contributed by atoms with Crippen molar-refractivity contribution in [1.82, 2.24) is 10.2 Å². The van der Waals surface area contributed by atoms with Crippen molar-refractivity contribution in [3.63, 3.8) is 0 Å². The van der Waals surface area contributed by atoms with Gasteiger partial charge in [-0.2, -0.15) is 0 Å². The molecule has 1 aliphatic heterocycles. The Labute approximate surface area is 136 Å². The van der Waals surface area contributed by atoms with E-state index in [1.54, 1.807) is 19.1 Å². The van der Waals surface area contributed by atoms with Gasteiger partial charge in [0.05, 0.1) is 13.2 Å². The van der Waals surface area contributed by atoms with Crippen LogP contribution in [0.5, 0.6) is 5.75 Å². The highest BCUT2D eigenvalue weighted by atomic mass is 19.1. The lowest BCUT2D eigenvalue weighted by atomic mass is 10.0. The molecule has 0 spiro atoms. The average Bonchev–Trinajstić information content (AvgIpc) is 2.53. The standard InChI is InChI=1S/C17H25FN2O3/c1-13(23-15-6-4-5-14(18)11-15)16(21)19-12-17(2,3)20-7-9-22-10-8-20/h4-6,11,13H,7-10,12H2,1-3H3,(H,19,21). The number of benzene rings is 1. The van der Waals surface area contributed by atoms with Crippen LogP contribution in [0.15, 0.2) is 24.3 Å². The highest BCUT2D eigenvalue weighted by Crippen LogP contribution is 2.16. The number of hydrogen-bond donors (Lipinski definition) is 1. The molecule has 1 aliphatic rings. The molecule has 1 fully saturated rings. The maximum atomic E-state index is 13.1. The summed E-state index contributed by atoms with van der Waals surface area (Å²) in [6.45, 7) is 9.52. The fourth-order valence-corrected chi connectivity index (χ4v) is 2.53. The smallest absolute Gasteiger partial charge is 0.260 e. The van der Waals surface area contributed by atoms with Gasteiger partial charge in [-0.1, -0.05) is 6.07 Å². The molecule has 0 bridgehead atoms. The highest BCUT2D eigenvalue weighted by Gasteiger charge is 2.29. The summed E-state index contributed by atoms with van der Waals surface area (Å²) in [5.41, 5.74) is -0.155. The van der Waals surface area contributed by atoms with E-state index < -0.39 is 6.10 Å². The van der Waals surface area contributed by atoms with Crippen LogP contribution in [0.4, 0.5) is 4.39 Å². The first-order valence-electron chi connectivity index (χ1n) is 7.91. The summed E-state index contributed by atoms with van der Waals surface area (Å²) in [5, 5.41) is 2.91. The van der Waals surface area contributed by atoms with Crippen molar-refractivity contribution in [2.75, 3.05) is 32.8 Å². The van der Waals surface area contributed by atoms with Crippen LogP contribution in [0.1, 0.15) is 20.8 Å². The lowest BCUT2D eigenvalue weighted by Crippen LogP contribution is -2.56. The molecule has 1 aromatic rings. The van der Waals surface area contributed by atoms with Gasteiger partial charge in [-0.25, -0.2) is 4.39 Å². The minimum Gasteiger partial charge on any atom is -0.481 e. The third-order valence-electron chi connectivity index (χ3n) is 4.04. The Morgan fingerprint density at radius 1 is 1.43 bits per heavy atom. The van der Waals surface area contributed by atoms with E-state index in [0.717, 1.165) is 26.3 Å². The molecule has 1 aromatic carbocycles. The second kappa shape index (κ2) is 7.75. The van der Waals surface area contributed by atoms with Crippen LogP contribution < -0.4 is 10.1 Å². The fourth-order valence-electron chi connectivity index (χ4n) is 2.53. The summed E-state index contributed by atoms with van der Waals surface area (Å²) >= 11 is 0. The van der Waals surface area contributed by atoms with Gasteiger partial charge >= 0.3 is 0 Å². The van der Waals surface area contributed by atoms with Gasteiger partial charge < -0.3 is 14.8 Å². The van der Waals surface area contributed by atoms with Crippen LogP contribution in [0.3, 0.4) is 0 Å². The van der Waals surface area contributed by atoms with Gasteiger partial charge in [0, 0.05) is 31.2 Å². The van der Waals surface area contributed by atoms with Crippen molar-refractivity contribution in [2.24, 2.45) is 0 Å². The molecule has 0 aromatic heterocycles. The molecular weight excluding hydrogens is 299 g/mol. The van der Waals surface area contributed by atoms with E-state index in [-0.39, 0.29) is 17.3 Å². The Hall–Kier alpha value is -1.66. The Morgan fingerprint density at radius 2 is 2.13 bits per heavy atom. The van der Waals surface area contributed by atoms with E-state index >= 15 is 0 Å². The lowest BCUT2D eigenvalue weighted by molar-refractivity contribution is -0.128. The number of carbonyl (C=O) groups excluding carboxylic acids is 1. The Morgan fingerprint density at radius 3 is 2.78 bits per heavy atom. The van der Waals surface area contributed by atoms with Gasteiger partial charge in [-0.15, -0.1) is 0 Å². The molecule has 1 saturated heterocycles. The molecule has 6 heteroatoms. The zero-order valence-corrected chi connectivity index (χ0v) is 14.0. The van der Waals surface area contributed by atoms with E-state index in [4.69, 9.17) is 9.47 Å². The second-order valence-electron chi connectivity index (χ2n) is 6.35. The normalized spacial score (nSPS) is 17.6. The highest BCUT2D eigenvalue weighted by molar-refractivity contribution is 5.80. The predicted molar refractivity (Wildman–Crippen MR) is 86.0 cm³/mol. The summed E-state index contributed by atoms with van der Waals surface area (Å²) in [5.74, 6) is -0.251. The minimum atomic E-state index is -0.683. The van der Waals surface area contributed by atoms with Gasteiger partial charge in [-0.3, -0.25) is 9.69 Å². The monoisotopic (exact) mass is 324 g/mol. The summed E-state index contributed by atoms with van der Waals surface area (Å²) < 4.78 is 24.0. The van der Waals surface area contributed by atoms with E-state index in [1.807, 2.05) is 0 Å². The van der Waals surface area contributed by atoms with Crippen molar-refractivity contribution in [2.45, 2.75) is 32.4 Å². The molecule has 23 heavy (non-hydrogen) atoms. The number of halogens is 1. The molecule has 2 rings (SSSR count). The Bertz CT molecular complexity index is 530. The fraction of sp³-hybridized carbons (Fsp3) is 0.588. The van der Waals surface area contributed by atoms with Crippen molar-refractivity contribution < 1.29 is 18.7 Å². The zero-order chi connectivity index (χ0) is 16.9. The quantitative estimate of drug-likeness (QED) is 0.867. The molecule has 1 atom stereocenters. The van der Waals surface area contributed by atoms with Crippen molar-refractivity contribution >= 4 is 5.91 Å². The molecule has 0 saturated carbocycles. The second-order valence-corrected chi connectivity index (χ2v) is 6.35. The number of nitrogens with zero attached hydrogens (tertiary/aromatic N) is 1. The predicted octanol–water partition coefficient (Wildman–Crippen LogP) is 1.82. The van der Waals surface area contributed by atoms with Gasteiger partial charge in [0.25, 0.3) is 5.91 Å². The molecule has 0 radical (unpaired) electrons. The first kappa shape index (κ1) is 17.7. The molecule has 1 unspecified atom stereocenters. The number of ether oxygens (including phenoxy) is 2. The van der Waals surface area contributed by atoms with Gasteiger partial charge in [0.15, 0.2) is 6.10 Å². The van der Waals surface area contributed by atoms with Crippen LogP contribution in [-0.4, -0.2) is 55.3 Å². The largest absolute Gasteiger partial charge is 0.481 e. The van der Waals surface area contributed by atoms with E-state index in [2.05, 4.69) is 24.1 Å². The maximum Gasteiger partial charge on any atom is 0.260 e. The number of morpholine rings is 1. The molecule has 0 aliphatic carbocycles. The third kappa shape index (κ3) is 5.18. The van der Waals surface area contributed by atoms with E-state index in [9.17, 15) is 9.18 Å². The maximum absolute atomic E-state index is 13.1. The van der Waals surface area contributed by atoms with Gasteiger partial charge in [-0.05, 0) is 32.9 Å². The Balaban J connectivity index is 1.83. The number of carbonyl (C=O) groups is 1. The van der Waals surface area contributed by atoms with Crippen LogP contribution in [0.25, 0.3) is 0 Å². The third-order valence-corrected chi connectivity index (χ3v) is 4.04. The lowest BCUT2D eigenvalue weighted by Gasteiger charge is -2.41. The Kier molecular flexibility index (Phi) is 5.96. The topological polar surface area (TPSA) is 50.8 Å². The van der Waals surface area contributed by atoms with E-state index in [0.29, 0.717) is 12.3 Å². The number of amides is 1. The van der Waals surface area contributed by atoms with Crippen LogP contribution in [0.2, 0.25) is 0 Å². The molecule has 1 N–H and O–H groups in total. The summed E-state index contributed by atoms with van der Waals surface area (Å²) in [6.07, 6.45) is -0.683. The first-order valence-corrected chi connectivity index (χ1v) is 7.91. The van der Waals surface area contributed by atoms with Gasteiger partial charge in [0.2, 0.25) is 0 Å². The van der Waals surface area contributed by atoms with Crippen molar-refractivity contribution in [1.29, 1.82) is 0 Å². The molecule has 5 nitrogen and oxygen atoms in total. The van der Waals surface area contributed by atoms with Crippen LogP contribution in [0, 0.1) is 5.82 Å².